The number of halogens is 1. The number of hydrogen-bond donors (Lipinski definition) is 1. The smallest absolute Gasteiger partial charge is 0.338 e. The molecular weight excluding hydrogens is 374 g/mol. The summed E-state index contributed by atoms with van der Waals surface area (Å²) < 4.78 is 5.30. The molecule has 1 N–H and O–H groups in total. The summed E-state index contributed by atoms with van der Waals surface area (Å²) >= 11 is 5.96. The molecule has 0 bridgehead atoms. The number of nitrogens with one attached hydrogen (secondary N) is 1. The van der Waals surface area contributed by atoms with Gasteiger partial charge in [0.25, 0.3) is 5.91 Å². The molecular formula is C23H20ClNO3. The number of anilines is 1. The van der Waals surface area contributed by atoms with Crippen LogP contribution in [0.3, 0.4) is 0 Å². The van der Waals surface area contributed by atoms with E-state index in [1.165, 1.54) is 6.92 Å². The molecule has 1 amide bonds. The van der Waals surface area contributed by atoms with Crippen LogP contribution in [0.1, 0.15) is 22.8 Å². The molecule has 0 aliphatic carbocycles. The van der Waals surface area contributed by atoms with Crippen LogP contribution in [0.4, 0.5) is 5.69 Å². The van der Waals surface area contributed by atoms with E-state index in [1.807, 2.05) is 55.5 Å². The molecule has 0 aliphatic heterocycles. The molecule has 3 aromatic carbocycles. The van der Waals surface area contributed by atoms with Gasteiger partial charge in [0.15, 0.2) is 6.10 Å². The first-order valence-corrected chi connectivity index (χ1v) is 9.25. The maximum absolute atomic E-state index is 12.4. The van der Waals surface area contributed by atoms with Crippen molar-refractivity contribution < 1.29 is 14.3 Å². The highest BCUT2D eigenvalue weighted by Gasteiger charge is 2.19. The lowest BCUT2D eigenvalue weighted by atomic mass is 10.0. The van der Waals surface area contributed by atoms with Crippen molar-refractivity contribution in [3.05, 3.63) is 88.9 Å². The molecule has 3 aromatic rings. The summed E-state index contributed by atoms with van der Waals surface area (Å²) in [5.41, 5.74) is 3.91. The Labute approximate surface area is 169 Å². The summed E-state index contributed by atoms with van der Waals surface area (Å²) in [5, 5.41) is 3.26. The number of hydrogen-bond acceptors (Lipinski definition) is 3. The van der Waals surface area contributed by atoms with E-state index in [0.29, 0.717) is 16.3 Å². The van der Waals surface area contributed by atoms with E-state index >= 15 is 0 Å². The van der Waals surface area contributed by atoms with Crippen molar-refractivity contribution in [2.45, 2.75) is 20.0 Å². The number of aryl methyl sites for hydroxylation is 1. The highest BCUT2D eigenvalue weighted by atomic mass is 35.5. The molecule has 0 radical (unpaired) electrons. The zero-order valence-corrected chi connectivity index (χ0v) is 16.4. The van der Waals surface area contributed by atoms with Gasteiger partial charge in [-0.15, -0.1) is 0 Å². The Balaban J connectivity index is 1.63. The average Bonchev–Trinajstić information content (AvgIpc) is 2.71. The first-order valence-electron chi connectivity index (χ1n) is 8.87. The lowest BCUT2D eigenvalue weighted by Crippen LogP contribution is -2.30. The predicted octanol–water partition coefficient (Wildman–Crippen LogP) is 5.50. The second kappa shape index (κ2) is 8.72. The molecule has 0 saturated heterocycles. The average molecular weight is 394 g/mol. The molecule has 0 fully saturated rings. The molecule has 0 saturated carbocycles. The summed E-state index contributed by atoms with van der Waals surface area (Å²) in [6.07, 6.45) is -0.945. The Morgan fingerprint density at radius 1 is 0.929 bits per heavy atom. The van der Waals surface area contributed by atoms with E-state index in [-0.39, 0.29) is 0 Å². The molecule has 28 heavy (non-hydrogen) atoms. The summed E-state index contributed by atoms with van der Waals surface area (Å²) in [6, 6.07) is 22.2. The highest BCUT2D eigenvalue weighted by molar-refractivity contribution is 6.31. The molecule has 0 unspecified atom stereocenters. The lowest BCUT2D eigenvalue weighted by molar-refractivity contribution is -0.123. The van der Waals surface area contributed by atoms with Crippen LogP contribution in [-0.2, 0) is 9.53 Å². The first kappa shape index (κ1) is 19.6. The minimum atomic E-state index is -0.945. The maximum Gasteiger partial charge on any atom is 0.338 e. The minimum Gasteiger partial charge on any atom is -0.449 e. The van der Waals surface area contributed by atoms with Crippen molar-refractivity contribution in [2.24, 2.45) is 0 Å². The van der Waals surface area contributed by atoms with Crippen LogP contribution in [0.2, 0.25) is 5.02 Å². The fraction of sp³-hybridized carbons (Fsp3) is 0.130. The van der Waals surface area contributed by atoms with Gasteiger partial charge in [-0.25, -0.2) is 4.79 Å². The quantitative estimate of drug-likeness (QED) is 0.582. The van der Waals surface area contributed by atoms with Gasteiger partial charge in [-0.1, -0.05) is 60.1 Å². The van der Waals surface area contributed by atoms with Gasteiger partial charge in [0.2, 0.25) is 0 Å². The van der Waals surface area contributed by atoms with Crippen LogP contribution >= 0.6 is 11.6 Å². The summed E-state index contributed by atoms with van der Waals surface area (Å²) in [4.78, 5) is 24.7. The fourth-order valence-corrected chi connectivity index (χ4v) is 2.85. The molecule has 4 nitrogen and oxygen atoms in total. The molecule has 0 spiro atoms. The van der Waals surface area contributed by atoms with Crippen LogP contribution in [-0.4, -0.2) is 18.0 Å². The number of esters is 1. The van der Waals surface area contributed by atoms with Crippen molar-refractivity contribution in [3.8, 4) is 11.1 Å². The van der Waals surface area contributed by atoms with E-state index in [1.54, 1.807) is 24.3 Å². The van der Waals surface area contributed by atoms with Gasteiger partial charge in [0, 0.05) is 10.7 Å². The Hall–Kier alpha value is -3.11. The first-order chi connectivity index (χ1) is 13.4. The Morgan fingerprint density at radius 3 is 2.25 bits per heavy atom. The van der Waals surface area contributed by atoms with Gasteiger partial charge in [-0.2, -0.15) is 0 Å². The second-order valence-corrected chi connectivity index (χ2v) is 6.88. The van der Waals surface area contributed by atoms with Gasteiger partial charge in [0.1, 0.15) is 0 Å². The third-order valence-electron chi connectivity index (χ3n) is 4.34. The molecule has 0 aromatic heterocycles. The molecule has 3 rings (SSSR count). The van der Waals surface area contributed by atoms with Crippen molar-refractivity contribution >= 4 is 29.2 Å². The second-order valence-electron chi connectivity index (χ2n) is 6.44. The molecule has 142 valence electrons. The van der Waals surface area contributed by atoms with Gasteiger partial charge in [-0.05, 0) is 54.8 Å². The minimum absolute atomic E-state index is 0.387. The molecule has 1 atom stereocenters. The Bertz CT molecular complexity index is 984. The predicted molar refractivity (Wildman–Crippen MR) is 112 cm³/mol. The number of rotatable bonds is 5. The van der Waals surface area contributed by atoms with Crippen molar-refractivity contribution in [2.75, 3.05) is 5.32 Å². The highest BCUT2D eigenvalue weighted by Crippen LogP contribution is 2.21. The topological polar surface area (TPSA) is 55.4 Å². The van der Waals surface area contributed by atoms with E-state index in [4.69, 9.17) is 16.3 Å². The van der Waals surface area contributed by atoms with Crippen molar-refractivity contribution in [1.29, 1.82) is 0 Å². The lowest BCUT2D eigenvalue weighted by Gasteiger charge is -2.15. The molecule has 0 heterocycles. The normalized spacial score (nSPS) is 11.5. The van der Waals surface area contributed by atoms with E-state index in [9.17, 15) is 9.59 Å². The molecule has 0 aliphatic rings. The maximum atomic E-state index is 12.4. The van der Waals surface area contributed by atoms with Crippen LogP contribution in [0.15, 0.2) is 72.8 Å². The number of benzene rings is 3. The SMILES string of the molecule is Cc1ccc(Cl)cc1NC(=O)[C@H](C)OC(=O)c1ccc(-c2ccccc2)cc1. The van der Waals surface area contributed by atoms with Gasteiger partial charge >= 0.3 is 5.97 Å². The third-order valence-corrected chi connectivity index (χ3v) is 4.57. The number of ether oxygens (including phenoxy) is 1. The standard InChI is InChI=1S/C23H20ClNO3/c1-15-8-13-20(24)14-21(15)25-22(26)16(2)28-23(27)19-11-9-18(10-12-19)17-6-4-3-5-7-17/h3-14,16H,1-2H3,(H,25,26)/t16-/m0/s1. The zero-order valence-electron chi connectivity index (χ0n) is 15.6. The van der Waals surface area contributed by atoms with Gasteiger partial charge < -0.3 is 10.1 Å². The van der Waals surface area contributed by atoms with Crippen LogP contribution in [0.5, 0.6) is 0 Å². The van der Waals surface area contributed by atoms with E-state index in [0.717, 1.165) is 16.7 Å². The van der Waals surface area contributed by atoms with Gasteiger partial charge in [0.05, 0.1) is 5.56 Å². The summed E-state index contributed by atoms with van der Waals surface area (Å²) in [7, 11) is 0. The summed E-state index contributed by atoms with van der Waals surface area (Å²) in [5.74, 6) is -0.968. The number of carbonyl (C=O) groups excluding carboxylic acids is 2. The van der Waals surface area contributed by atoms with Gasteiger partial charge in [-0.3, -0.25) is 4.79 Å². The Morgan fingerprint density at radius 2 is 1.57 bits per heavy atom. The van der Waals surface area contributed by atoms with Crippen LogP contribution < -0.4 is 5.32 Å². The third kappa shape index (κ3) is 4.78. The van der Waals surface area contributed by atoms with Crippen LogP contribution in [0, 0.1) is 6.92 Å². The number of amides is 1. The van der Waals surface area contributed by atoms with E-state index < -0.39 is 18.0 Å². The van der Waals surface area contributed by atoms with Crippen molar-refractivity contribution in [3.63, 3.8) is 0 Å². The number of carbonyl (C=O) groups is 2. The Kier molecular flexibility index (Phi) is 6.12. The largest absolute Gasteiger partial charge is 0.449 e. The zero-order chi connectivity index (χ0) is 20.1. The fourth-order valence-electron chi connectivity index (χ4n) is 2.67. The van der Waals surface area contributed by atoms with Crippen molar-refractivity contribution in [1.82, 2.24) is 0 Å². The molecule has 5 heteroatoms. The van der Waals surface area contributed by atoms with Crippen LogP contribution in [0.25, 0.3) is 11.1 Å². The summed E-state index contributed by atoms with van der Waals surface area (Å²) in [6.45, 7) is 3.39. The van der Waals surface area contributed by atoms with E-state index in [2.05, 4.69) is 5.32 Å². The monoisotopic (exact) mass is 393 g/mol.